The third-order valence-electron chi connectivity index (χ3n) is 5.34. The summed E-state index contributed by atoms with van der Waals surface area (Å²) < 4.78 is 4.99. The molecule has 0 atom stereocenters. The van der Waals surface area contributed by atoms with Crippen molar-refractivity contribution in [3.05, 3.63) is 0 Å². The first-order valence-electron chi connectivity index (χ1n) is 10.7. The molecule has 27 heavy (non-hydrogen) atoms. The van der Waals surface area contributed by atoms with Crippen molar-refractivity contribution in [1.82, 2.24) is 10.2 Å². The Morgan fingerprint density at radius 2 is 1.74 bits per heavy atom. The van der Waals surface area contributed by atoms with Crippen LogP contribution in [0.5, 0.6) is 0 Å². The second-order valence-corrected chi connectivity index (χ2v) is 7.58. The molecule has 6 heteroatoms. The van der Waals surface area contributed by atoms with Gasteiger partial charge in [-0.2, -0.15) is 0 Å². The summed E-state index contributed by atoms with van der Waals surface area (Å²) in [7, 11) is 0. The Bertz CT molecular complexity index is 459. The third kappa shape index (κ3) is 9.78. The molecule has 0 spiro atoms. The van der Waals surface area contributed by atoms with E-state index in [9.17, 15) is 14.4 Å². The molecule has 1 fully saturated rings. The quantitative estimate of drug-likeness (QED) is 0.415. The molecule has 0 unspecified atom stereocenters. The maximum Gasteiger partial charge on any atom is 0.307 e. The minimum absolute atomic E-state index is 0.0650. The van der Waals surface area contributed by atoms with Gasteiger partial charge in [-0.05, 0) is 44.9 Å². The van der Waals surface area contributed by atoms with E-state index < -0.39 is 0 Å². The molecule has 1 N–H and O–H groups in total. The van der Waals surface area contributed by atoms with Crippen molar-refractivity contribution in [2.24, 2.45) is 11.8 Å². The van der Waals surface area contributed by atoms with Crippen molar-refractivity contribution >= 4 is 17.8 Å². The summed E-state index contributed by atoms with van der Waals surface area (Å²) in [6, 6.07) is 0. The minimum Gasteiger partial charge on any atom is -0.466 e. The molecule has 156 valence electrons. The Labute approximate surface area is 164 Å². The van der Waals surface area contributed by atoms with Crippen molar-refractivity contribution in [3.8, 4) is 0 Å². The molecule has 0 radical (unpaired) electrons. The van der Waals surface area contributed by atoms with Crippen LogP contribution in [0.1, 0.15) is 78.6 Å². The first-order valence-corrected chi connectivity index (χ1v) is 10.7. The maximum atomic E-state index is 13.0. The van der Waals surface area contributed by atoms with Crippen LogP contribution in [-0.4, -0.2) is 48.9 Å². The number of nitrogens with one attached hydrogen (secondary N) is 1. The van der Waals surface area contributed by atoms with Crippen LogP contribution in [0.3, 0.4) is 0 Å². The monoisotopic (exact) mass is 382 g/mol. The highest BCUT2D eigenvalue weighted by atomic mass is 16.5. The van der Waals surface area contributed by atoms with E-state index in [-0.39, 0.29) is 30.1 Å². The smallest absolute Gasteiger partial charge is 0.307 e. The number of ether oxygens (including phenoxy) is 1. The molecule has 2 amide bonds. The normalized spacial score (nSPS) is 19.4. The summed E-state index contributed by atoms with van der Waals surface area (Å²) in [6.45, 7) is 7.35. The number of rotatable bonds is 12. The van der Waals surface area contributed by atoms with Gasteiger partial charge in [0.1, 0.15) is 0 Å². The predicted molar refractivity (Wildman–Crippen MR) is 106 cm³/mol. The second-order valence-electron chi connectivity index (χ2n) is 7.58. The Kier molecular flexibility index (Phi) is 11.8. The van der Waals surface area contributed by atoms with E-state index in [1.54, 1.807) is 11.8 Å². The van der Waals surface area contributed by atoms with Crippen LogP contribution in [0, 0.1) is 11.8 Å². The number of hydrogen-bond donors (Lipinski definition) is 1. The fraction of sp³-hybridized carbons (Fsp3) is 0.857. The molecule has 1 aliphatic carbocycles. The summed E-state index contributed by atoms with van der Waals surface area (Å²) in [5.74, 6) is 0.675. The van der Waals surface area contributed by atoms with Gasteiger partial charge < -0.3 is 15.0 Å². The van der Waals surface area contributed by atoms with Crippen LogP contribution < -0.4 is 5.32 Å². The molecule has 0 bridgehead atoms. The molecule has 0 aliphatic heterocycles. The van der Waals surface area contributed by atoms with Crippen LogP contribution in [0.15, 0.2) is 0 Å². The number of carbonyl (C=O) groups is 3. The number of esters is 1. The van der Waals surface area contributed by atoms with E-state index in [0.717, 1.165) is 31.6 Å². The molecular weight excluding hydrogens is 344 g/mol. The van der Waals surface area contributed by atoms with E-state index in [0.29, 0.717) is 32.7 Å². The Balaban J connectivity index is 2.52. The average Bonchev–Trinajstić information content (AvgIpc) is 2.65. The lowest BCUT2D eigenvalue weighted by Gasteiger charge is -2.32. The van der Waals surface area contributed by atoms with Gasteiger partial charge in [0, 0.05) is 32.5 Å². The second kappa shape index (κ2) is 13.6. The highest BCUT2D eigenvalue weighted by Crippen LogP contribution is 2.33. The van der Waals surface area contributed by atoms with Crippen molar-refractivity contribution in [3.63, 3.8) is 0 Å². The predicted octanol–water partition coefficient (Wildman–Crippen LogP) is 3.29. The summed E-state index contributed by atoms with van der Waals surface area (Å²) in [6.07, 6.45) is 8.88. The van der Waals surface area contributed by atoms with Crippen LogP contribution in [-0.2, 0) is 19.1 Å². The maximum absolute atomic E-state index is 13.0. The van der Waals surface area contributed by atoms with Crippen molar-refractivity contribution in [2.75, 3.05) is 26.2 Å². The molecule has 0 aromatic heterocycles. The summed E-state index contributed by atoms with van der Waals surface area (Å²) >= 11 is 0. The van der Waals surface area contributed by atoms with E-state index in [4.69, 9.17) is 4.74 Å². The molecule has 0 aromatic carbocycles. The molecule has 0 aromatic rings. The van der Waals surface area contributed by atoms with Gasteiger partial charge in [-0.25, -0.2) is 0 Å². The molecule has 1 rings (SSSR count). The van der Waals surface area contributed by atoms with Crippen molar-refractivity contribution in [2.45, 2.75) is 78.6 Å². The van der Waals surface area contributed by atoms with Crippen LogP contribution in [0.2, 0.25) is 0 Å². The topological polar surface area (TPSA) is 75.7 Å². The zero-order valence-electron chi connectivity index (χ0n) is 17.4. The van der Waals surface area contributed by atoms with Gasteiger partial charge >= 0.3 is 5.97 Å². The number of nitrogens with zero attached hydrogens (tertiary/aromatic N) is 1. The SMILES string of the molecule is CCCCC1CCC(C(=O)N(CCCNC(C)=O)CCC(=O)OCC)CC1. The molecule has 0 saturated heterocycles. The number of unbranched alkanes of at least 4 members (excludes halogenated alkanes) is 1. The average molecular weight is 383 g/mol. The zero-order chi connectivity index (χ0) is 20.1. The van der Waals surface area contributed by atoms with Gasteiger partial charge in [0.15, 0.2) is 0 Å². The van der Waals surface area contributed by atoms with Gasteiger partial charge in [0.25, 0.3) is 0 Å². The molecule has 1 aliphatic rings. The first kappa shape index (κ1) is 23.4. The number of amides is 2. The van der Waals surface area contributed by atoms with Crippen LogP contribution in [0.25, 0.3) is 0 Å². The summed E-state index contributed by atoms with van der Waals surface area (Å²) in [5, 5.41) is 2.76. The van der Waals surface area contributed by atoms with Gasteiger partial charge in [-0.3, -0.25) is 14.4 Å². The Hall–Kier alpha value is -1.59. The van der Waals surface area contributed by atoms with E-state index in [2.05, 4.69) is 12.2 Å². The van der Waals surface area contributed by atoms with Crippen LogP contribution >= 0.6 is 0 Å². The lowest BCUT2D eigenvalue weighted by atomic mass is 9.79. The Morgan fingerprint density at radius 3 is 2.33 bits per heavy atom. The number of hydrogen-bond acceptors (Lipinski definition) is 4. The molecule has 6 nitrogen and oxygen atoms in total. The fourth-order valence-electron chi connectivity index (χ4n) is 3.78. The lowest BCUT2D eigenvalue weighted by Crippen LogP contribution is -2.40. The summed E-state index contributed by atoms with van der Waals surface area (Å²) in [5.41, 5.74) is 0. The highest BCUT2D eigenvalue weighted by Gasteiger charge is 2.29. The van der Waals surface area contributed by atoms with E-state index in [1.165, 1.54) is 26.2 Å². The standard InChI is InChI=1S/C21H38N2O4/c1-4-6-8-18-9-11-19(12-10-18)21(26)23(15-7-14-22-17(3)24)16-13-20(25)27-5-2/h18-19H,4-16H2,1-3H3,(H,22,24). The van der Waals surface area contributed by atoms with Gasteiger partial charge in [-0.15, -0.1) is 0 Å². The molecule has 1 saturated carbocycles. The zero-order valence-corrected chi connectivity index (χ0v) is 17.4. The minimum atomic E-state index is -0.263. The van der Waals surface area contributed by atoms with E-state index in [1.807, 2.05) is 0 Å². The molecular formula is C21H38N2O4. The van der Waals surface area contributed by atoms with Gasteiger partial charge in [0.05, 0.1) is 13.0 Å². The fourth-order valence-corrected chi connectivity index (χ4v) is 3.78. The number of carbonyl (C=O) groups excluding carboxylic acids is 3. The highest BCUT2D eigenvalue weighted by molar-refractivity contribution is 5.79. The largest absolute Gasteiger partial charge is 0.466 e. The Morgan fingerprint density at radius 1 is 1.04 bits per heavy atom. The molecule has 0 heterocycles. The van der Waals surface area contributed by atoms with Crippen LogP contribution in [0.4, 0.5) is 0 Å². The van der Waals surface area contributed by atoms with Crippen molar-refractivity contribution < 1.29 is 19.1 Å². The van der Waals surface area contributed by atoms with Gasteiger partial charge in [0.2, 0.25) is 11.8 Å². The lowest BCUT2D eigenvalue weighted by molar-refractivity contribution is -0.144. The van der Waals surface area contributed by atoms with Crippen molar-refractivity contribution in [1.29, 1.82) is 0 Å². The van der Waals surface area contributed by atoms with E-state index >= 15 is 0 Å². The third-order valence-corrected chi connectivity index (χ3v) is 5.34. The summed E-state index contributed by atoms with van der Waals surface area (Å²) in [4.78, 5) is 37.5. The first-order chi connectivity index (χ1) is 13.0. The van der Waals surface area contributed by atoms with Gasteiger partial charge in [-0.1, -0.05) is 26.2 Å².